The van der Waals surface area contributed by atoms with Gasteiger partial charge in [0.05, 0.1) is 0 Å². The van der Waals surface area contributed by atoms with E-state index in [9.17, 15) is 24.2 Å². The molecule has 1 rings (SSSR count). The number of hydrogen-bond donors (Lipinski definition) is 5. The summed E-state index contributed by atoms with van der Waals surface area (Å²) in [5.74, 6) is 0.200. The van der Waals surface area contributed by atoms with Gasteiger partial charge in [0.2, 0.25) is 17.7 Å². The summed E-state index contributed by atoms with van der Waals surface area (Å²) < 4.78 is 5.07. The molecule has 0 heterocycles. The number of benzene rings is 1. The van der Waals surface area contributed by atoms with Crippen LogP contribution in [0.15, 0.2) is 24.3 Å². The van der Waals surface area contributed by atoms with E-state index in [4.69, 9.17) is 4.74 Å². The molecule has 41 heavy (non-hydrogen) atoms. The number of rotatable bonds is 10. The maximum absolute atomic E-state index is 11.4. The standard InChI is InChI=1S/C12H24N2O3.C11H16BNO2.C7H15NO/c1-9(2)10(15)13-7-6-8-14-11(16)17-12(3,4)5;1-8(2)11(14)13-10-6-4-5-9(7-10)12(3)15;1-5(2)7(9)8-6(3)4/h9H,6-8H2,1-5H3,(H,13,15)(H,14,16);4-8,15H,1-3H3,(H,13,14);5-6H,1-4H3,(H,8,9). The molecule has 11 heteroatoms. The minimum atomic E-state index is -0.513. The SMILES string of the molecule is CB(O)c1cccc(NC(=O)C(C)C)c1.CC(C)C(=O)NCCCNC(=O)OC(C)(C)C.CC(C)NC(=O)C(C)C. The summed E-state index contributed by atoms with van der Waals surface area (Å²) in [4.78, 5) is 44.7. The Morgan fingerprint density at radius 3 is 1.76 bits per heavy atom. The number of amides is 4. The second kappa shape index (κ2) is 20.7. The van der Waals surface area contributed by atoms with Crippen LogP contribution in [-0.2, 0) is 19.1 Å². The van der Waals surface area contributed by atoms with Gasteiger partial charge in [0.1, 0.15) is 5.60 Å². The molecule has 0 aliphatic rings. The molecule has 0 aliphatic carbocycles. The summed E-state index contributed by atoms with van der Waals surface area (Å²) >= 11 is 0. The van der Waals surface area contributed by atoms with Gasteiger partial charge in [-0.15, -0.1) is 0 Å². The van der Waals surface area contributed by atoms with Gasteiger partial charge in [0.15, 0.2) is 0 Å². The van der Waals surface area contributed by atoms with Crippen molar-refractivity contribution in [2.45, 2.75) is 101 Å². The molecule has 0 aromatic heterocycles. The van der Waals surface area contributed by atoms with Gasteiger partial charge in [-0.1, -0.05) is 60.5 Å². The first-order valence-electron chi connectivity index (χ1n) is 14.4. The number of carbonyl (C=O) groups excluding carboxylic acids is 4. The highest BCUT2D eigenvalue weighted by Gasteiger charge is 2.15. The fourth-order valence-corrected chi connectivity index (χ4v) is 2.62. The zero-order valence-electron chi connectivity index (χ0n) is 27.3. The lowest BCUT2D eigenvalue weighted by molar-refractivity contribution is -0.125. The van der Waals surface area contributed by atoms with Crippen molar-refractivity contribution < 1.29 is 28.9 Å². The third-order valence-electron chi connectivity index (χ3n) is 4.96. The molecule has 0 spiro atoms. The third kappa shape index (κ3) is 23.3. The summed E-state index contributed by atoms with van der Waals surface area (Å²) in [5.41, 5.74) is 1.05. The lowest BCUT2D eigenvalue weighted by Crippen LogP contribution is -2.35. The summed E-state index contributed by atoms with van der Waals surface area (Å²) in [6.45, 7) is 22.7. The second-order valence-corrected chi connectivity index (χ2v) is 12.0. The van der Waals surface area contributed by atoms with Crippen LogP contribution < -0.4 is 26.7 Å². The van der Waals surface area contributed by atoms with E-state index in [0.717, 1.165) is 11.2 Å². The van der Waals surface area contributed by atoms with Crippen molar-refractivity contribution in [1.29, 1.82) is 0 Å². The molecule has 0 bridgehead atoms. The first-order chi connectivity index (χ1) is 18.8. The molecule has 1 aromatic carbocycles. The minimum absolute atomic E-state index is 0.00573. The van der Waals surface area contributed by atoms with E-state index < -0.39 is 18.6 Å². The van der Waals surface area contributed by atoms with Gasteiger partial charge in [0.25, 0.3) is 0 Å². The molecular formula is C30H55BN4O6. The predicted octanol–water partition coefficient (Wildman–Crippen LogP) is 3.94. The highest BCUT2D eigenvalue weighted by atomic mass is 16.6. The molecule has 0 unspecified atom stereocenters. The van der Waals surface area contributed by atoms with E-state index in [2.05, 4.69) is 21.3 Å². The highest BCUT2D eigenvalue weighted by Crippen LogP contribution is 2.07. The van der Waals surface area contributed by atoms with Crippen LogP contribution in [0.3, 0.4) is 0 Å². The maximum atomic E-state index is 11.4. The Kier molecular flexibility index (Phi) is 20.3. The maximum Gasteiger partial charge on any atom is 0.407 e. The van der Waals surface area contributed by atoms with Gasteiger partial charge in [-0.3, -0.25) is 14.4 Å². The first kappa shape index (κ1) is 40.1. The highest BCUT2D eigenvalue weighted by molar-refractivity contribution is 6.64. The third-order valence-corrected chi connectivity index (χ3v) is 4.96. The van der Waals surface area contributed by atoms with Crippen LogP contribution in [0.4, 0.5) is 10.5 Å². The van der Waals surface area contributed by atoms with Crippen molar-refractivity contribution in [3.8, 4) is 0 Å². The summed E-state index contributed by atoms with van der Waals surface area (Å²) in [7, 11) is 0. The van der Waals surface area contributed by atoms with Gasteiger partial charge >= 0.3 is 13.0 Å². The molecule has 0 saturated carbocycles. The fraction of sp³-hybridized carbons (Fsp3) is 0.667. The zero-order valence-corrected chi connectivity index (χ0v) is 27.3. The van der Waals surface area contributed by atoms with E-state index in [1.165, 1.54) is 0 Å². The quantitative estimate of drug-likeness (QED) is 0.210. The Hall–Kier alpha value is -3.08. The van der Waals surface area contributed by atoms with Crippen LogP contribution in [0.2, 0.25) is 6.82 Å². The molecule has 4 amide bonds. The van der Waals surface area contributed by atoms with Gasteiger partial charge in [-0.25, -0.2) is 4.79 Å². The molecule has 0 atom stereocenters. The topological polar surface area (TPSA) is 146 Å². The number of carbonyl (C=O) groups is 4. The largest absolute Gasteiger partial charge is 0.446 e. The molecule has 5 N–H and O–H groups in total. The van der Waals surface area contributed by atoms with Crippen molar-refractivity contribution in [3.63, 3.8) is 0 Å². The summed E-state index contributed by atoms with van der Waals surface area (Å²) in [6, 6.07) is 7.50. The van der Waals surface area contributed by atoms with Crippen molar-refractivity contribution in [1.82, 2.24) is 16.0 Å². The van der Waals surface area contributed by atoms with Crippen LogP contribution >= 0.6 is 0 Å². The van der Waals surface area contributed by atoms with Crippen molar-refractivity contribution >= 4 is 41.9 Å². The molecule has 0 aliphatic heterocycles. The fourth-order valence-electron chi connectivity index (χ4n) is 2.62. The molecule has 0 saturated heterocycles. The summed E-state index contributed by atoms with van der Waals surface area (Å²) in [5, 5.41) is 20.4. The van der Waals surface area contributed by atoms with Crippen molar-refractivity contribution in [2.75, 3.05) is 18.4 Å². The van der Waals surface area contributed by atoms with Crippen LogP contribution in [0.1, 0.15) is 82.6 Å². The van der Waals surface area contributed by atoms with E-state index in [0.29, 0.717) is 19.5 Å². The Morgan fingerprint density at radius 2 is 1.34 bits per heavy atom. The number of anilines is 1. The Morgan fingerprint density at radius 1 is 0.829 bits per heavy atom. The molecule has 10 nitrogen and oxygen atoms in total. The molecule has 234 valence electrons. The number of hydrogen-bond acceptors (Lipinski definition) is 6. The van der Waals surface area contributed by atoms with Crippen molar-refractivity contribution in [3.05, 3.63) is 24.3 Å². The number of nitrogens with one attached hydrogen (secondary N) is 4. The lowest BCUT2D eigenvalue weighted by atomic mass is 9.64. The monoisotopic (exact) mass is 578 g/mol. The van der Waals surface area contributed by atoms with Gasteiger partial charge in [-0.05, 0) is 58.6 Å². The number of ether oxygens (including phenoxy) is 1. The van der Waals surface area contributed by atoms with E-state index >= 15 is 0 Å². The van der Waals surface area contributed by atoms with Crippen LogP contribution in [0.5, 0.6) is 0 Å². The average Bonchev–Trinajstić information content (AvgIpc) is 2.83. The molecule has 0 fully saturated rings. The van der Waals surface area contributed by atoms with Gasteiger partial charge in [-0.2, -0.15) is 0 Å². The van der Waals surface area contributed by atoms with Crippen LogP contribution in [0, 0.1) is 17.8 Å². The first-order valence-corrected chi connectivity index (χ1v) is 14.4. The Bertz CT molecular complexity index is 928. The van der Waals surface area contributed by atoms with E-state index in [1.807, 2.05) is 94.4 Å². The zero-order chi connectivity index (χ0) is 32.3. The smallest absolute Gasteiger partial charge is 0.407 e. The van der Waals surface area contributed by atoms with Gasteiger partial charge < -0.3 is 31.0 Å². The number of alkyl carbamates (subject to hydrolysis) is 1. The normalized spacial score (nSPS) is 10.7. The van der Waals surface area contributed by atoms with Gasteiger partial charge in [0, 0.05) is 42.6 Å². The molecular weight excluding hydrogens is 523 g/mol. The van der Waals surface area contributed by atoms with E-state index in [-0.39, 0.29) is 41.5 Å². The van der Waals surface area contributed by atoms with Crippen LogP contribution in [0.25, 0.3) is 0 Å². The average molecular weight is 579 g/mol. The summed E-state index contributed by atoms with van der Waals surface area (Å²) in [6.07, 6.45) is 0.269. The predicted molar refractivity (Wildman–Crippen MR) is 168 cm³/mol. The lowest BCUT2D eigenvalue weighted by Gasteiger charge is -2.19. The second-order valence-electron chi connectivity index (χ2n) is 12.0. The van der Waals surface area contributed by atoms with Crippen LogP contribution in [-0.4, -0.2) is 60.5 Å². The van der Waals surface area contributed by atoms with Crippen molar-refractivity contribution in [2.24, 2.45) is 17.8 Å². The Balaban J connectivity index is 0. The Labute approximate surface area is 248 Å². The molecule has 0 radical (unpaired) electrons. The van der Waals surface area contributed by atoms with E-state index in [1.54, 1.807) is 12.9 Å². The molecule has 1 aromatic rings. The minimum Gasteiger partial charge on any atom is -0.446 e.